The third-order valence-corrected chi connectivity index (χ3v) is 5.15. The first kappa shape index (κ1) is 17.9. The first-order chi connectivity index (χ1) is 12.0. The molecule has 1 saturated heterocycles. The highest BCUT2D eigenvalue weighted by atomic mass is 16.5. The molecule has 0 unspecified atom stereocenters. The monoisotopic (exact) mass is 343 g/mol. The molecule has 25 heavy (non-hydrogen) atoms. The van der Waals surface area contributed by atoms with Crippen molar-refractivity contribution >= 4 is 24.8 Å². The zero-order valence-corrected chi connectivity index (χ0v) is 14.1. The van der Waals surface area contributed by atoms with Crippen LogP contribution < -0.4 is 5.46 Å². The highest BCUT2D eigenvalue weighted by Gasteiger charge is 2.36. The number of benzene rings is 1. The summed E-state index contributed by atoms with van der Waals surface area (Å²) in [4.78, 5) is 26.0. The average Bonchev–Trinajstić information content (AvgIpc) is 2.83. The summed E-state index contributed by atoms with van der Waals surface area (Å²) in [5.74, 6) is -0.153. The summed E-state index contributed by atoms with van der Waals surface area (Å²) in [6.07, 6.45) is 7.48. The molecule has 1 amide bonds. The number of ether oxygens (including phenoxy) is 1. The summed E-state index contributed by atoms with van der Waals surface area (Å²) in [5.41, 5.74) is 0.648. The summed E-state index contributed by atoms with van der Waals surface area (Å²) >= 11 is 0. The SMILES string of the molecule is O=Cc1cc(C(=O)N2CC=CCC3(CCOCC3)C2)ccc1B(O)O. The maximum absolute atomic E-state index is 12.9. The molecule has 0 atom stereocenters. The van der Waals surface area contributed by atoms with E-state index in [2.05, 4.69) is 6.08 Å². The van der Waals surface area contributed by atoms with Crippen LogP contribution in [-0.2, 0) is 4.74 Å². The Morgan fingerprint density at radius 1 is 1.24 bits per heavy atom. The summed E-state index contributed by atoms with van der Waals surface area (Å²) in [5, 5.41) is 18.6. The van der Waals surface area contributed by atoms with Crippen molar-refractivity contribution in [2.75, 3.05) is 26.3 Å². The number of amides is 1. The molecule has 1 aromatic rings. The van der Waals surface area contributed by atoms with Gasteiger partial charge in [0.15, 0.2) is 0 Å². The molecule has 0 radical (unpaired) electrons. The molecule has 0 aliphatic carbocycles. The summed E-state index contributed by atoms with van der Waals surface area (Å²) < 4.78 is 5.47. The second kappa shape index (κ2) is 7.51. The topological polar surface area (TPSA) is 87.1 Å². The van der Waals surface area contributed by atoms with Crippen LogP contribution in [0.2, 0.25) is 0 Å². The summed E-state index contributed by atoms with van der Waals surface area (Å²) in [6, 6.07) is 4.38. The third kappa shape index (κ3) is 3.84. The molecule has 1 spiro atoms. The Balaban J connectivity index is 1.84. The highest BCUT2D eigenvalue weighted by Crippen LogP contribution is 2.37. The Hall–Kier alpha value is -1.96. The van der Waals surface area contributed by atoms with Gasteiger partial charge in [0.25, 0.3) is 5.91 Å². The maximum Gasteiger partial charge on any atom is 0.489 e. The lowest BCUT2D eigenvalue weighted by molar-refractivity contribution is 0.00130. The number of carbonyl (C=O) groups is 2. The predicted molar refractivity (Wildman–Crippen MR) is 93.8 cm³/mol. The molecular formula is C18H22BNO5. The Morgan fingerprint density at radius 2 is 2.00 bits per heavy atom. The second-order valence-electron chi connectivity index (χ2n) is 6.81. The lowest BCUT2D eigenvalue weighted by Gasteiger charge is -2.39. The fourth-order valence-electron chi connectivity index (χ4n) is 3.62. The van der Waals surface area contributed by atoms with Gasteiger partial charge >= 0.3 is 7.12 Å². The van der Waals surface area contributed by atoms with Crippen LogP contribution in [0.25, 0.3) is 0 Å². The molecule has 1 fully saturated rings. The zero-order valence-electron chi connectivity index (χ0n) is 14.1. The van der Waals surface area contributed by atoms with Gasteiger partial charge in [0.2, 0.25) is 0 Å². The molecule has 0 bridgehead atoms. The lowest BCUT2D eigenvalue weighted by Crippen LogP contribution is -2.43. The van der Waals surface area contributed by atoms with Gasteiger partial charge in [0.1, 0.15) is 6.29 Å². The minimum absolute atomic E-state index is 0.0512. The number of carbonyl (C=O) groups excluding carboxylic acids is 2. The van der Waals surface area contributed by atoms with E-state index in [-0.39, 0.29) is 22.3 Å². The molecule has 2 aliphatic heterocycles. The Bertz CT molecular complexity index is 682. The fourth-order valence-corrected chi connectivity index (χ4v) is 3.62. The van der Waals surface area contributed by atoms with Crippen molar-refractivity contribution in [1.82, 2.24) is 4.90 Å². The molecule has 2 heterocycles. The van der Waals surface area contributed by atoms with Gasteiger partial charge in [-0.1, -0.05) is 18.2 Å². The standard InChI is InChI=1S/C18H22BNO5/c21-12-15-11-14(3-4-16(15)19(23)24)17(22)20-8-2-1-5-18(13-20)6-9-25-10-7-18/h1-4,11-12,23-24H,5-10,13H2. The van der Waals surface area contributed by atoms with Gasteiger partial charge in [0, 0.05) is 37.4 Å². The van der Waals surface area contributed by atoms with E-state index >= 15 is 0 Å². The molecule has 0 saturated carbocycles. The van der Waals surface area contributed by atoms with Crippen molar-refractivity contribution in [2.24, 2.45) is 5.41 Å². The van der Waals surface area contributed by atoms with E-state index in [9.17, 15) is 19.6 Å². The van der Waals surface area contributed by atoms with Crippen LogP contribution >= 0.6 is 0 Å². The largest absolute Gasteiger partial charge is 0.489 e. The van der Waals surface area contributed by atoms with Crippen LogP contribution in [0.15, 0.2) is 30.4 Å². The Morgan fingerprint density at radius 3 is 2.68 bits per heavy atom. The minimum atomic E-state index is -1.74. The van der Waals surface area contributed by atoms with Gasteiger partial charge in [-0.3, -0.25) is 9.59 Å². The van der Waals surface area contributed by atoms with E-state index in [1.165, 1.54) is 18.2 Å². The van der Waals surface area contributed by atoms with E-state index in [4.69, 9.17) is 4.74 Å². The number of hydrogen-bond acceptors (Lipinski definition) is 5. The number of rotatable bonds is 3. The number of nitrogens with zero attached hydrogens (tertiary/aromatic N) is 1. The number of allylic oxidation sites excluding steroid dienone is 1. The minimum Gasteiger partial charge on any atom is -0.423 e. The predicted octanol–water partition coefficient (Wildman–Crippen LogP) is 0.378. The van der Waals surface area contributed by atoms with Crippen molar-refractivity contribution in [2.45, 2.75) is 19.3 Å². The van der Waals surface area contributed by atoms with Gasteiger partial charge in [-0.2, -0.15) is 0 Å². The number of hydrogen-bond donors (Lipinski definition) is 2. The Kier molecular flexibility index (Phi) is 5.37. The van der Waals surface area contributed by atoms with E-state index in [1.54, 1.807) is 4.90 Å². The lowest BCUT2D eigenvalue weighted by atomic mass is 9.76. The van der Waals surface area contributed by atoms with Gasteiger partial charge < -0.3 is 19.7 Å². The van der Waals surface area contributed by atoms with Crippen LogP contribution in [0.4, 0.5) is 0 Å². The maximum atomic E-state index is 12.9. The molecule has 2 aliphatic rings. The van der Waals surface area contributed by atoms with Crippen molar-refractivity contribution in [3.63, 3.8) is 0 Å². The van der Waals surface area contributed by atoms with Gasteiger partial charge in [-0.05, 0) is 42.3 Å². The quantitative estimate of drug-likeness (QED) is 0.471. The zero-order chi connectivity index (χ0) is 17.9. The van der Waals surface area contributed by atoms with Crippen LogP contribution in [0.3, 0.4) is 0 Å². The first-order valence-electron chi connectivity index (χ1n) is 8.52. The van der Waals surface area contributed by atoms with Crippen LogP contribution in [0.5, 0.6) is 0 Å². The van der Waals surface area contributed by atoms with Crippen molar-refractivity contribution in [1.29, 1.82) is 0 Å². The van der Waals surface area contributed by atoms with Gasteiger partial charge in [0.05, 0.1) is 0 Å². The van der Waals surface area contributed by atoms with Crippen LogP contribution in [0.1, 0.15) is 40.0 Å². The summed E-state index contributed by atoms with van der Waals surface area (Å²) in [6.45, 7) is 2.62. The fraction of sp³-hybridized carbons (Fsp3) is 0.444. The normalized spacial score (nSPS) is 19.5. The van der Waals surface area contributed by atoms with E-state index < -0.39 is 7.12 Å². The molecule has 2 N–H and O–H groups in total. The molecular weight excluding hydrogens is 321 g/mol. The number of aldehydes is 1. The molecule has 6 nitrogen and oxygen atoms in total. The smallest absolute Gasteiger partial charge is 0.423 e. The Labute approximate surface area is 147 Å². The van der Waals surface area contributed by atoms with E-state index in [0.29, 0.717) is 38.2 Å². The van der Waals surface area contributed by atoms with Gasteiger partial charge in [-0.15, -0.1) is 0 Å². The van der Waals surface area contributed by atoms with Crippen LogP contribution in [0, 0.1) is 5.41 Å². The van der Waals surface area contributed by atoms with Crippen LogP contribution in [-0.4, -0.2) is 60.6 Å². The van der Waals surface area contributed by atoms with Crippen molar-refractivity contribution < 1.29 is 24.4 Å². The molecule has 7 heteroatoms. The van der Waals surface area contributed by atoms with E-state index in [0.717, 1.165) is 19.3 Å². The molecule has 132 valence electrons. The first-order valence-corrected chi connectivity index (χ1v) is 8.52. The van der Waals surface area contributed by atoms with E-state index in [1.807, 2.05) is 6.08 Å². The molecule has 1 aromatic carbocycles. The van der Waals surface area contributed by atoms with Gasteiger partial charge in [-0.25, -0.2) is 0 Å². The third-order valence-electron chi connectivity index (χ3n) is 5.15. The summed E-state index contributed by atoms with van der Waals surface area (Å²) in [7, 11) is -1.74. The van der Waals surface area contributed by atoms with Crippen molar-refractivity contribution in [3.8, 4) is 0 Å². The molecule has 3 rings (SSSR count). The van der Waals surface area contributed by atoms with Crippen molar-refractivity contribution in [3.05, 3.63) is 41.5 Å². The second-order valence-corrected chi connectivity index (χ2v) is 6.81. The average molecular weight is 343 g/mol. The highest BCUT2D eigenvalue weighted by molar-refractivity contribution is 6.60. The molecule has 0 aromatic heterocycles.